The molecule has 0 aliphatic rings. The molecule has 120 valence electrons. The third kappa shape index (κ3) is 3.27. The third-order valence-electron chi connectivity index (χ3n) is 3.03. The summed E-state index contributed by atoms with van der Waals surface area (Å²) in [6, 6.07) is 3.33. The van der Waals surface area contributed by atoms with Crippen LogP contribution in [0.15, 0.2) is 21.7 Å². The molecule has 1 unspecified atom stereocenters. The summed E-state index contributed by atoms with van der Waals surface area (Å²) in [5.41, 5.74) is -0.188. The first-order valence-electron chi connectivity index (χ1n) is 6.79. The zero-order chi connectivity index (χ0) is 16.5. The maximum absolute atomic E-state index is 11.4. The Kier molecular flexibility index (Phi) is 4.50. The Morgan fingerprint density at radius 1 is 1.41 bits per heavy atom. The predicted molar refractivity (Wildman–Crippen MR) is 83.2 cm³/mol. The van der Waals surface area contributed by atoms with Crippen LogP contribution in [0.1, 0.15) is 55.1 Å². The van der Waals surface area contributed by atoms with Crippen LogP contribution in [-0.2, 0) is 10.2 Å². The highest BCUT2D eigenvalue weighted by Gasteiger charge is 2.25. The van der Waals surface area contributed by atoms with Crippen molar-refractivity contribution >= 4 is 17.7 Å². The van der Waals surface area contributed by atoms with Gasteiger partial charge in [-0.3, -0.25) is 0 Å². The maximum Gasteiger partial charge on any atom is 0.373 e. The topological polar surface area (TPSA) is 96.2 Å². The van der Waals surface area contributed by atoms with Crippen molar-refractivity contribution in [3.63, 3.8) is 0 Å². The molecule has 0 bridgehead atoms. The Balaban J connectivity index is 2.16. The number of hydrogen-bond donors (Lipinski definition) is 1. The summed E-state index contributed by atoms with van der Waals surface area (Å²) >= 11 is 1.41. The summed E-state index contributed by atoms with van der Waals surface area (Å²) in [4.78, 5) is 11.4. The molecule has 0 spiro atoms. The SMILES string of the molecule is COC(=O)c1ccc(C(C)Sc2nnc(C(C)(C)C)n2N)o1. The van der Waals surface area contributed by atoms with Crippen LogP contribution in [0, 0.1) is 0 Å². The van der Waals surface area contributed by atoms with E-state index in [0.29, 0.717) is 16.7 Å². The molecule has 22 heavy (non-hydrogen) atoms. The number of nitrogens with two attached hydrogens (primary N) is 1. The summed E-state index contributed by atoms with van der Waals surface area (Å²) in [5.74, 6) is 7.08. The van der Waals surface area contributed by atoms with Crippen LogP contribution in [0.5, 0.6) is 0 Å². The third-order valence-corrected chi connectivity index (χ3v) is 4.11. The quantitative estimate of drug-likeness (QED) is 0.524. The van der Waals surface area contributed by atoms with E-state index in [2.05, 4.69) is 14.9 Å². The summed E-state index contributed by atoms with van der Waals surface area (Å²) in [6.07, 6.45) is 0. The van der Waals surface area contributed by atoms with Crippen molar-refractivity contribution in [2.24, 2.45) is 0 Å². The Hall–Kier alpha value is -1.96. The molecular formula is C14H20N4O3S. The summed E-state index contributed by atoms with van der Waals surface area (Å²) in [5, 5.41) is 8.79. The zero-order valence-corrected chi connectivity index (χ0v) is 14.1. The molecule has 2 N–H and O–H groups in total. The van der Waals surface area contributed by atoms with E-state index >= 15 is 0 Å². The number of aromatic nitrogens is 3. The summed E-state index contributed by atoms with van der Waals surface area (Å²) in [6.45, 7) is 8.00. The molecule has 0 saturated carbocycles. The number of furan rings is 1. The van der Waals surface area contributed by atoms with E-state index in [1.165, 1.54) is 23.5 Å². The molecule has 0 radical (unpaired) electrons. The van der Waals surface area contributed by atoms with Gasteiger partial charge in [-0.1, -0.05) is 32.5 Å². The molecule has 2 heterocycles. The van der Waals surface area contributed by atoms with E-state index in [1.807, 2.05) is 27.7 Å². The van der Waals surface area contributed by atoms with Gasteiger partial charge in [0.15, 0.2) is 5.82 Å². The lowest BCUT2D eigenvalue weighted by Crippen LogP contribution is -2.24. The fourth-order valence-electron chi connectivity index (χ4n) is 1.87. The lowest BCUT2D eigenvalue weighted by atomic mass is 9.96. The van der Waals surface area contributed by atoms with Crippen molar-refractivity contribution in [1.82, 2.24) is 14.9 Å². The number of thioether (sulfide) groups is 1. The van der Waals surface area contributed by atoms with Crippen molar-refractivity contribution in [3.05, 3.63) is 29.5 Å². The lowest BCUT2D eigenvalue weighted by molar-refractivity contribution is 0.0563. The Morgan fingerprint density at radius 3 is 2.64 bits per heavy atom. The maximum atomic E-state index is 11.4. The first-order valence-corrected chi connectivity index (χ1v) is 7.67. The van der Waals surface area contributed by atoms with E-state index < -0.39 is 5.97 Å². The van der Waals surface area contributed by atoms with E-state index in [0.717, 1.165) is 0 Å². The molecule has 0 amide bonds. The van der Waals surface area contributed by atoms with Crippen LogP contribution >= 0.6 is 11.8 Å². The minimum atomic E-state index is -0.500. The number of nitrogen functional groups attached to an aromatic ring is 1. The van der Waals surface area contributed by atoms with Crippen LogP contribution in [0.3, 0.4) is 0 Å². The number of hydrogen-bond acceptors (Lipinski definition) is 7. The normalized spacial score (nSPS) is 13.1. The van der Waals surface area contributed by atoms with Gasteiger partial charge in [-0.2, -0.15) is 0 Å². The van der Waals surface area contributed by atoms with Crippen molar-refractivity contribution in [1.29, 1.82) is 0 Å². The molecule has 0 saturated heterocycles. The zero-order valence-electron chi connectivity index (χ0n) is 13.3. The molecule has 0 aliphatic heterocycles. The van der Waals surface area contributed by atoms with Crippen molar-refractivity contribution < 1.29 is 13.9 Å². The molecule has 1 atom stereocenters. The van der Waals surface area contributed by atoms with Crippen molar-refractivity contribution in [2.45, 2.75) is 43.5 Å². The van der Waals surface area contributed by atoms with E-state index in [-0.39, 0.29) is 16.4 Å². The predicted octanol–water partition coefficient (Wildman–Crippen LogP) is 2.52. The number of ether oxygens (including phenoxy) is 1. The van der Waals surface area contributed by atoms with Gasteiger partial charge in [0.2, 0.25) is 10.9 Å². The van der Waals surface area contributed by atoms with E-state index in [4.69, 9.17) is 10.3 Å². The van der Waals surface area contributed by atoms with Gasteiger partial charge >= 0.3 is 5.97 Å². The molecule has 2 rings (SSSR count). The van der Waals surface area contributed by atoms with E-state index in [9.17, 15) is 4.79 Å². The molecule has 0 fully saturated rings. The van der Waals surface area contributed by atoms with Crippen LogP contribution in [0.25, 0.3) is 0 Å². The first-order chi connectivity index (χ1) is 10.2. The standard InChI is InChI=1S/C14H20N4O3S/c1-8(9-6-7-10(21-9)11(19)20-5)22-13-17-16-12(18(13)15)14(2,3)4/h6-8H,15H2,1-5H3. The second-order valence-electron chi connectivity index (χ2n) is 5.88. The number of rotatable bonds is 4. The van der Waals surface area contributed by atoms with Crippen molar-refractivity contribution in [3.8, 4) is 0 Å². The van der Waals surface area contributed by atoms with Gasteiger partial charge in [-0.05, 0) is 19.1 Å². The average Bonchev–Trinajstić information content (AvgIpc) is 3.05. The minimum absolute atomic E-state index is 0.0716. The second kappa shape index (κ2) is 6.04. The largest absolute Gasteiger partial charge is 0.463 e. The lowest BCUT2D eigenvalue weighted by Gasteiger charge is -2.16. The molecule has 2 aromatic heterocycles. The highest BCUT2D eigenvalue weighted by Crippen LogP contribution is 2.35. The van der Waals surface area contributed by atoms with Gasteiger partial charge < -0.3 is 15.0 Å². The molecule has 2 aromatic rings. The van der Waals surface area contributed by atoms with Gasteiger partial charge in [-0.25, -0.2) is 9.47 Å². The molecular weight excluding hydrogens is 304 g/mol. The minimum Gasteiger partial charge on any atom is -0.463 e. The Morgan fingerprint density at radius 2 is 2.09 bits per heavy atom. The second-order valence-corrected chi connectivity index (χ2v) is 7.19. The number of esters is 1. The fourth-order valence-corrected chi connectivity index (χ4v) is 2.71. The molecule has 0 aromatic carbocycles. The van der Waals surface area contributed by atoms with Gasteiger partial charge in [0, 0.05) is 5.41 Å². The number of nitrogens with zero attached hydrogens (tertiary/aromatic N) is 3. The molecule has 7 nitrogen and oxygen atoms in total. The Bertz CT molecular complexity index is 672. The summed E-state index contributed by atoms with van der Waals surface area (Å²) in [7, 11) is 1.31. The van der Waals surface area contributed by atoms with Gasteiger partial charge in [0.25, 0.3) is 0 Å². The van der Waals surface area contributed by atoms with Crippen LogP contribution < -0.4 is 5.84 Å². The molecule has 8 heteroatoms. The summed E-state index contributed by atoms with van der Waals surface area (Å²) < 4.78 is 11.6. The van der Waals surface area contributed by atoms with Gasteiger partial charge in [0.05, 0.1) is 12.4 Å². The number of carbonyl (C=O) groups is 1. The van der Waals surface area contributed by atoms with Crippen molar-refractivity contribution in [2.75, 3.05) is 13.0 Å². The first kappa shape index (κ1) is 16.4. The van der Waals surface area contributed by atoms with Crippen LogP contribution in [0.4, 0.5) is 0 Å². The van der Waals surface area contributed by atoms with Crippen LogP contribution in [0.2, 0.25) is 0 Å². The van der Waals surface area contributed by atoms with Crippen LogP contribution in [-0.4, -0.2) is 28.0 Å². The Labute approximate surface area is 133 Å². The number of carbonyl (C=O) groups excluding carboxylic acids is 1. The van der Waals surface area contributed by atoms with E-state index in [1.54, 1.807) is 12.1 Å². The smallest absolute Gasteiger partial charge is 0.373 e. The fraction of sp³-hybridized carbons (Fsp3) is 0.500. The average molecular weight is 324 g/mol. The molecule has 0 aliphatic carbocycles. The number of methoxy groups -OCH3 is 1. The highest BCUT2D eigenvalue weighted by molar-refractivity contribution is 7.99. The monoisotopic (exact) mass is 324 g/mol. The highest BCUT2D eigenvalue weighted by atomic mass is 32.2. The van der Waals surface area contributed by atoms with Gasteiger partial charge in [0.1, 0.15) is 5.76 Å². The van der Waals surface area contributed by atoms with Gasteiger partial charge in [-0.15, -0.1) is 10.2 Å².